The van der Waals surface area contributed by atoms with Gasteiger partial charge in [-0.1, -0.05) is 39.0 Å². The molecule has 1 aromatic carbocycles. The fraction of sp³-hybridized carbons (Fsp3) is 0.429. The fourth-order valence-corrected chi connectivity index (χ4v) is 1.43. The zero-order valence-electron chi connectivity index (χ0n) is 10.1. The second-order valence-electron chi connectivity index (χ2n) is 4.27. The Morgan fingerprint density at radius 2 is 1.94 bits per heavy atom. The Bertz CT molecular complexity index is 391. The van der Waals surface area contributed by atoms with Crippen LogP contribution in [0, 0.1) is 5.92 Å². The summed E-state index contributed by atoms with van der Waals surface area (Å²) < 4.78 is 0. The van der Waals surface area contributed by atoms with Crippen molar-refractivity contribution in [2.75, 3.05) is 0 Å². The summed E-state index contributed by atoms with van der Waals surface area (Å²) in [7, 11) is 0. The highest BCUT2D eigenvalue weighted by Crippen LogP contribution is 2.10. The molecule has 16 heavy (non-hydrogen) atoms. The lowest BCUT2D eigenvalue weighted by Crippen LogP contribution is -2.13. The van der Waals surface area contributed by atoms with E-state index in [0.717, 1.165) is 12.0 Å². The predicted molar refractivity (Wildman–Crippen MR) is 64.6 cm³/mol. The Morgan fingerprint density at radius 1 is 1.25 bits per heavy atom. The fourth-order valence-electron chi connectivity index (χ4n) is 1.43. The normalized spacial score (nSPS) is 10.5. The summed E-state index contributed by atoms with van der Waals surface area (Å²) in [6, 6.07) is 7.50. The maximum atomic E-state index is 11.8. The molecule has 1 rings (SSSR count). The van der Waals surface area contributed by atoms with Gasteiger partial charge in [-0.05, 0) is 18.1 Å². The molecule has 1 aromatic rings. The number of carbonyl (C=O) groups excluding carboxylic acids is 2. The van der Waals surface area contributed by atoms with Crippen molar-refractivity contribution in [3.8, 4) is 0 Å². The number of carbonyl (C=O) groups is 2. The molecule has 0 bridgehead atoms. The van der Waals surface area contributed by atoms with Gasteiger partial charge in [0.2, 0.25) is 0 Å². The third-order valence-electron chi connectivity index (χ3n) is 2.64. The van der Waals surface area contributed by atoms with Crippen LogP contribution < -0.4 is 0 Å². The van der Waals surface area contributed by atoms with Crippen LogP contribution in [0.1, 0.15) is 43.1 Å². The highest BCUT2D eigenvalue weighted by molar-refractivity contribution is 6.08. The van der Waals surface area contributed by atoms with E-state index in [0.29, 0.717) is 5.56 Å². The van der Waals surface area contributed by atoms with Gasteiger partial charge < -0.3 is 0 Å². The van der Waals surface area contributed by atoms with Gasteiger partial charge in [0.05, 0.1) is 6.42 Å². The van der Waals surface area contributed by atoms with Gasteiger partial charge >= 0.3 is 0 Å². The van der Waals surface area contributed by atoms with Gasteiger partial charge in [0.1, 0.15) is 5.78 Å². The topological polar surface area (TPSA) is 34.1 Å². The molecular formula is C14H18O2. The van der Waals surface area contributed by atoms with Gasteiger partial charge in [-0.25, -0.2) is 0 Å². The number of ketones is 2. The smallest absolute Gasteiger partial charge is 0.170 e. The molecule has 2 nitrogen and oxygen atoms in total. The van der Waals surface area contributed by atoms with Crippen LogP contribution >= 0.6 is 0 Å². The summed E-state index contributed by atoms with van der Waals surface area (Å²) in [6.07, 6.45) is 0.921. The lowest BCUT2D eigenvalue weighted by molar-refractivity contribution is -0.121. The molecule has 0 aromatic heterocycles. The number of benzene rings is 1. The first-order chi connectivity index (χ1) is 7.54. The minimum absolute atomic E-state index is 0.00639. The largest absolute Gasteiger partial charge is 0.299 e. The van der Waals surface area contributed by atoms with Gasteiger partial charge in [-0.3, -0.25) is 9.59 Å². The average molecular weight is 218 g/mol. The van der Waals surface area contributed by atoms with Crippen LogP contribution in [-0.2, 0) is 11.2 Å². The molecule has 0 saturated heterocycles. The molecule has 0 atom stereocenters. The first-order valence-electron chi connectivity index (χ1n) is 5.69. The Hall–Kier alpha value is -1.44. The van der Waals surface area contributed by atoms with Crippen LogP contribution in [-0.4, -0.2) is 11.6 Å². The van der Waals surface area contributed by atoms with E-state index in [1.165, 1.54) is 0 Å². The molecule has 0 fully saturated rings. The van der Waals surface area contributed by atoms with E-state index in [-0.39, 0.29) is 23.9 Å². The first kappa shape index (κ1) is 12.6. The number of aryl methyl sites for hydroxylation is 1. The molecule has 0 aliphatic heterocycles. The van der Waals surface area contributed by atoms with Crippen molar-refractivity contribution in [3.05, 3.63) is 35.4 Å². The standard InChI is InChI=1S/C14H18O2/c1-4-11-6-5-7-12(8-11)14(16)9-13(15)10(2)3/h5-8,10H,4,9H2,1-3H3. The number of Topliss-reactive ketones (excluding diaryl/α,β-unsaturated/α-hetero) is 2. The molecule has 86 valence electrons. The van der Waals surface area contributed by atoms with Crippen LogP contribution in [0.25, 0.3) is 0 Å². The van der Waals surface area contributed by atoms with E-state index in [1.807, 2.05) is 39.0 Å². The van der Waals surface area contributed by atoms with E-state index in [4.69, 9.17) is 0 Å². The maximum Gasteiger partial charge on any atom is 0.170 e. The van der Waals surface area contributed by atoms with Crippen molar-refractivity contribution in [3.63, 3.8) is 0 Å². The van der Waals surface area contributed by atoms with Gasteiger partial charge in [0, 0.05) is 11.5 Å². The van der Waals surface area contributed by atoms with Crippen molar-refractivity contribution in [1.82, 2.24) is 0 Å². The van der Waals surface area contributed by atoms with Gasteiger partial charge in [-0.15, -0.1) is 0 Å². The summed E-state index contributed by atoms with van der Waals surface area (Å²) in [6.45, 7) is 5.68. The van der Waals surface area contributed by atoms with Crippen molar-refractivity contribution in [1.29, 1.82) is 0 Å². The Kier molecular flexibility index (Phi) is 4.41. The second kappa shape index (κ2) is 5.59. The first-order valence-corrected chi connectivity index (χ1v) is 5.69. The van der Waals surface area contributed by atoms with E-state index < -0.39 is 0 Å². The molecule has 2 heteroatoms. The van der Waals surface area contributed by atoms with Gasteiger partial charge in [0.25, 0.3) is 0 Å². The van der Waals surface area contributed by atoms with Crippen molar-refractivity contribution in [2.45, 2.75) is 33.6 Å². The average Bonchev–Trinajstić information content (AvgIpc) is 2.28. The van der Waals surface area contributed by atoms with E-state index in [1.54, 1.807) is 6.07 Å². The molecule has 0 spiro atoms. The summed E-state index contributed by atoms with van der Waals surface area (Å²) in [4.78, 5) is 23.3. The Balaban J connectivity index is 2.76. The number of hydrogen-bond donors (Lipinski definition) is 0. The lowest BCUT2D eigenvalue weighted by atomic mass is 9.98. The van der Waals surface area contributed by atoms with E-state index in [9.17, 15) is 9.59 Å². The van der Waals surface area contributed by atoms with Crippen LogP contribution in [0.15, 0.2) is 24.3 Å². The van der Waals surface area contributed by atoms with Gasteiger partial charge in [0.15, 0.2) is 5.78 Å². The van der Waals surface area contributed by atoms with Crippen molar-refractivity contribution in [2.24, 2.45) is 5.92 Å². The molecule has 0 aliphatic rings. The molecule has 0 radical (unpaired) electrons. The van der Waals surface area contributed by atoms with Crippen LogP contribution in [0.4, 0.5) is 0 Å². The minimum Gasteiger partial charge on any atom is -0.299 e. The summed E-state index contributed by atoms with van der Waals surface area (Å²) >= 11 is 0. The molecular weight excluding hydrogens is 200 g/mol. The third kappa shape index (κ3) is 3.30. The van der Waals surface area contributed by atoms with Crippen molar-refractivity contribution < 1.29 is 9.59 Å². The van der Waals surface area contributed by atoms with Crippen LogP contribution in [0.5, 0.6) is 0 Å². The summed E-state index contributed by atoms with van der Waals surface area (Å²) in [5.74, 6) is -0.140. The van der Waals surface area contributed by atoms with Crippen molar-refractivity contribution >= 4 is 11.6 Å². The van der Waals surface area contributed by atoms with Crippen LogP contribution in [0.2, 0.25) is 0 Å². The quantitative estimate of drug-likeness (QED) is 0.562. The number of hydrogen-bond acceptors (Lipinski definition) is 2. The highest BCUT2D eigenvalue weighted by atomic mass is 16.1. The van der Waals surface area contributed by atoms with Gasteiger partial charge in [-0.2, -0.15) is 0 Å². The van der Waals surface area contributed by atoms with E-state index in [2.05, 4.69) is 0 Å². The maximum absolute atomic E-state index is 11.8. The number of rotatable bonds is 5. The highest BCUT2D eigenvalue weighted by Gasteiger charge is 2.14. The molecule has 0 unspecified atom stereocenters. The Labute approximate surface area is 96.7 Å². The molecule has 0 heterocycles. The van der Waals surface area contributed by atoms with Crippen LogP contribution in [0.3, 0.4) is 0 Å². The predicted octanol–water partition coefficient (Wildman–Crippen LogP) is 3.05. The second-order valence-corrected chi connectivity index (χ2v) is 4.27. The monoisotopic (exact) mass is 218 g/mol. The zero-order chi connectivity index (χ0) is 12.1. The molecule has 0 aliphatic carbocycles. The summed E-state index contributed by atoms with van der Waals surface area (Å²) in [5.41, 5.74) is 1.77. The summed E-state index contributed by atoms with van der Waals surface area (Å²) in [5, 5.41) is 0. The third-order valence-corrected chi connectivity index (χ3v) is 2.64. The zero-order valence-corrected chi connectivity index (χ0v) is 10.1. The minimum atomic E-state index is -0.0750. The molecule has 0 saturated carbocycles. The SMILES string of the molecule is CCc1cccc(C(=O)CC(=O)C(C)C)c1. The van der Waals surface area contributed by atoms with E-state index >= 15 is 0 Å². The Morgan fingerprint density at radius 3 is 2.50 bits per heavy atom. The molecule has 0 amide bonds. The lowest BCUT2D eigenvalue weighted by Gasteiger charge is -2.04. The molecule has 0 N–H and O–H groups in total.